The number of aliphatic carboxylic acids is 1. The van der Waals surface area contributed by atoms with E-state index in [9.17, 15) is 24.3 Å². The minimum atomic E-state index is -1.02. The zero-order valence-electron chi connectivity index (χ0n) is 28.3. The zero-order valence-corrected chi connectivity index (χ0v) is 28.3. The molecule has 0 aliphatic carbocycles. The van der Waals surface area contributed by atoms with Gasteiger partial charge in [-0.2, -0.15) is 0 Å². The van der Waals surface area contributed by atoms with Crippen LogP contribution in [0.1, 0.15) is 36.8 Å². The first-order valence-corrected chi connectivity index (χ1v) is 17.5. The summed E-state index contributed by atoms with van der Waals surface area (Å²) >= 11 is 0. The number of fused-ring (bicyclic) bond motifs is 1. The van der Waals surface area contributed by atoms with Crippen LogP contribution in [0, 0.1) is 0 Å². The number of piperazine rings is 1. The van der Waals surface area contributed by atoms with Crippen molar-refractivity contribution in [2.45, 2.75) is 56.7 Å². The monoisotopic (exact) mass is 674 g/mol. The molecule has 0 aromatic heterocycles. The molecule has 0 spiro atoms. The van der Waals surface area contributed by atoms with Crippen LogP contribution >= 0.6 is 0 Å². The number of carbonyl (C=O) groups is 4. The predicted octanol–water partition coefficient (Wildman–Crippen LogP) is 0.946. The Labute approximate surface area is 288 Å². The summed E-state index contributed by atoms with van der Waals surface area (Å²) in [7, 11) is 1.79. The number of nitrogens with zero attached hydrogens (tertiary/aromatic N) is 5. The lowest BCUT2D eigenvalue weighted by Gasteiger charge is -2.43. The van der Waals surface area contributed by atoms with Crippen molar-refractivity contribution in [1.29, 1.82) is 0 Å². The highest BCUT2D eigenvalue weighted by Crippen LogP contribution is 2.26. The fourth-order valence-corrected chi connectivity index (χ4v) is 7.68. The van der Waals surface area contributed by atoms with Gasteiger partial charge in [-0.3, -0.25) is 19.4 Å². The summed E-state index contributed by atoms with van der Waals surface area (Å²) in [5.41, 5.74) is 3.43. The van der Waals surface area contributed by atoms with Crippen molar-refractivity contribution < 1.29 is 34.1 Å². The first-order chi connectivity index (χ1) is 23.6. The Balaban J connectivity index is 1.05. The molecule has 4 aliphatic rings. The van der Waals surface area contributed by atoms with Crippen LogP contribution in [0.5, 0.6) is 5.75 Å². The van der Waals surface area contributed by atoms with Gasteiger partial charge in [0.25, 0.3) is 5.91 Å². The second-order valence-electron chi connectivity index (χ2n) is 13.7. The second kappa shape index (κ2) is 15.5. The second-order valence-corrected chi connectivity index (χ2v) is 13.7. The molecule has 13 nitrogen and oxygen atoms in total. The summed E-state index contributed by atoms with van der Waals surface area (Å²) in [6, 6.07) is 13.2. The van der Waals surface area contributed by atoms with Gasteiger partial charge >= 0.3 is 18.1 Å². The van der Waals surface area contributed by atoms with Crippen LogP contribution in [-0.2, 0) is 27.2 Å². The number of aromatic hydroxyl groups is 1. The number of likely N-dealkylation sites (tertiary alicyclic amines) is 2. The van der Waals surface area contributed by atoms with E-state index in [4.69, 9.17) is 9.84 Å². The Morgan fingerprint density at radius 1 is 0.878 bits per heavy atom. The van der Waals surface area contributed by atoms with E-state index in [0.717, 1.165) is 49.2 Å². The summed E-state index contributed by atoms with van der Waals surface area (Å²) in [5, 5.41) is 22.2. The number of nitrogens with one attached hydrogen (secondary N) is 1. The molecule has 14 heteroatoms. The number of hydrogen-bond acceptors (Lipinski definition) is 8. The Hall–Kier alpha value is -4.30. The maximum Gasteiger partial charge on any atom is 0.410 e. The molecule has 2 aromatic carbocycles. The Bertz CT molecular complexity index is 1520. The van der Waals surface area contributed by atoms with Crippen LogP contribution < -0.4 is 10.8 Å². The van der Waals surface area contributed by atoms with Gasteiger partial charge in [-0.05, 0) is 60.8 Å². The van der Waals surface area contributed by atoms with Crippen LogP contribution in [0.15, 0.2) is 42.5 Å². The number of para-hydroxylation sites is 1. The number of carbonyl (C=O) groups excluding carboxylic acids is 3. The third-order valence-corrected chi connectivity index (χ3v) is 10.6. The number of phenols is 1. The van der Waals surface area contributed by atoms with Crippen molar-refractivity contribution >= 4 is 43.0 Å². The van der Waals surface area contributed by atoms with Gasteiger partial charge in [-0.15, -0.1) is 0 Å². The number of piperidine rings is 2. The molecule has 3 N–H and O–H groups in total. The average molecular weight is 675 g/mol. The van der Waals surface area contributed by atoms with Gasteiger partial charge in [0.05, 0.1) is 6.54 Å². The van der Waals surface area contributed by atoms with Gasteiger partial charge < -0.3 is 35.0 Å². The number of rotatable bonds is 8. The summed E-state index contributed by atoms with van der Waals surface area (Å²) < 4.78 is 6.00. The fourth-order valence-electron chi connectivity index (χ4n) is 7.68. The largest absolute Gasteiger partial charge is 0.509 e. The number of anilines is 1. The zero-order chi connectivity index (χ0) is 34.5. The number of phenolic OH excluding ortho intramolecular Hbond substituents is 1. The molecule has 0 bridgehead atoms. The molecule has 3 fully saturated rings. The van der Waals surface area contributed by atoms with Gasteiger partial charge in [-0.1, -0.05) is 30.3 Å². The summed E-state index contributed by atoms with van der Waals surface area (Å²) in [6.45, 7) is 5.46. The number of ether oxygens (including phenoxy) is 1. The molecule has 4 aliphatic heterocycles. The van der Waals surface area contributed by atoms with Crippen LogP contribution in [0.2, 0.25) is 0 Å². The standard InChI is InChI=1S/C35H47BN6O7/c36-28-21-24(5-6-30(28)43)22-31(33(46)40-19-17-39(18-20-40)26-8-12-38(13-9-26)23-32(44)45)49-35(48)41-14-10-27(11-15-41)42-16-7-25-3-1-2-4-29(25)37-34(42)47/h1-6,21,26-27,31,43H,7-20,22-23,36H2,(H,37,47)(H,44,45)/t31-/m1/s1. The summed E-state index contributed by atoms with van der Waals surface area (Å²) in [6.07, 6.45) is 2.43. The van der Waals surface area contributed by atoms with Crippen molar-refractivity contribution in [3.8, 4) is 5.75 Å². The van der Waals surface area contributed by atoms with Crippen molar-refractivity contribution in [3.63, 3.8) is 0 Å². The van der Waals surface area contributed by atoms with Crippen LogP contribution in [-0.4, -0.2) is 150 Å². The molecular formula is C35H47BN6O7. The van der Waals surface area contributed by atoms with E-state index in [-0.39, 0.29) is 36.7 Å². The summed E-state index contributed by atoms with van der Waals surface area (Å²) in [5.74, 6) is -0.870. The van der Waals surface area contributed by atoms with Crippen molar-refractivity contribution in [2.75, 3.05) is 70.8 Å². The Morgan fingerprint density at radius 3 is 2.27 bits per heavy atom. The number of carboxylic acid groups (broad SMARTS) is 1. The molecule has 1 atom stereocenters. The van der Waals surface area contributed by atoms with E-state index < -0.39 is 18.2 Å². The van der Waals surface area contributed by atoms with Crippen molar-refractivity contribution in [3.05, 3.63) is 53.6 Å². The third kappa shape index (κ3) is 8.48. The number of benzene rings is 2. The molecule has 262 valence electrons. The predicted molar refractivity (Wildman–Crippen MR) is 186 cm³/mol. The van der Waals surface area contributed by atoms with Gasteiger partial charge in [0.15, 0.2) is 6.10 Å². The molecule has 0 unspecified atom stereocenters. The van der Waals surface area contributed by atoms with Gasteiger partial charge in [0, 0.05) is 83.1 Å². The van der Waals surface area contributed by atoms with Gasteiger partial charge in [0.1, 0.15) is 13.6 Å². The topological polar surface area (TPSA) is 146 Å². The average Bonchev–Trinajstić information content (AvgIpc) is 3.27. The Kier molecular flexibility index (Phi) is 10.9. The lowest BCUT2D eigenvalue weighted by molar-refractivity contribution is -0.143. The highest BCUT2D eigenvalue weighted by molar-refractivity contribution is 6.34. The van der Waals surface area contributed by atoms with Crippen LogP contribution in [0.25, 0.3) is 0 Å². The lowest BCUT2D eigenvalue weighted by atomic mass is 9.91. The van der Waals surface area contributed by atoms with Crippen molar-refractivity contribution in [1.82, 2.24) is 24.5 Å². The van der Waals surface area contributed by atoms with Crippen LogP contribution in [0.4, 0.5) is 15.3 Å². The maximum atomic E-state index is 14.0. The fraction of sp³-hybridized carbons (Fsp3) is 0.543. The van der Waals surface area contributed by atoms with E-state index in [0.29, 0.717) is 70.2 Å². The first kappa shape index (κ1) is 34.6. The van der Waals surface area contributed by atoms with Gasteiger partial charge in [0.2, 0.25) is 0 Å². The van der Waals surface area contributed by atoms with E-state index in [1.165, 1.54) is 0 Å². The molecular weight excluding hydrogens is 627 g/mol. The highest BCUT2D eigenvalue weighted by Gasteiger charge is 2.36. The SMILES string of the molecule is Bc1cc(C[C@@H](OC(=O)N2CCC(N3CCc4ccccc4NC3=O)CC2)C(=O)N2CCN(C3CCN(CC(=O)O)CC3)CC2)ccc1O. The highest BCUT2D eigenvalue weighted by atomic mass is 16.6. The summed E-state index contributed by atoms with van der Waals surface area (Å²) in [4.78, 5) is 61.3. The molecule has 49 heavy (non-hydrogen) atoms. The number of hydrogen-bond donors (Lipinski definition) is 3. The normalized spacial score (nSPS) is 20.7. The molecule has 0 radical (unpaired) electrons. The maximum absolute atomic E-state index is 14.0. The minimum absolute atomic E-state index is 0.00327. The van der Waals surface area contributed by atoms with E-state index in [2.05, 4.69) is 10.2 Å². The molecule has 0 saturated carbocycles. The molecule has 6 rings (SSSR count). The lowest BCUT2D eigenvalue weighted by Crippen LogP contribution is -2.56. The van der Waals surface area contributed by atoms with E-state index in [1.54, 1.807) is 29.8 Å². The smallest absolute Gasteiger partial charge is 0.410 e. The minimum Gasteiger partial charge on any atom is -0.509 e. The van der Waals surface area contributed by atoms with Crippen molar-refractivity contribution in [2.24, 2.45) is 0 Å². The molecule has 4 heterocycles. The number of carboxylic acids is 1. The van der Waals surface area contributed by atoms with E-state index in [1.807, 2.05) is 40.1 Å². The third-order valence-electron chi connectivity index (χ3n) is 10.6. The molecule has 3 saturated heterocycles. The molecule has 4 amide bonds. The number of urea groups is 1. The van der Waals surface area contributed by atoms with Gasteiger partial charge in [-0.25, -0.2) is 9.59 Å². The first-order valence-electron chi connectivity index (χ1n) is 17.5. The quantitative estimate of drug-likeness (QED) is 0.349. The van der Waals surface area contributed by atoms with Crippen LogP contribution in [0.3, 0.4) is 0 Å². The molecule has 2 aromatic rings. The van der Waals surface area contributed by atoms with E-state index >= 15 is 0 Å². The number of amides is 4. The Morgan fingerprint density at radius 2 is 1.57 bits per heavy atom.